The Hall–Kier alpha value is -4.40. The number of aromatic nitrogens is 2. The number of rotatable bonds is 5. The minimum Gasteiger partial charge on any atom is -0.497 e. The Morgan fingerprint density at radius 1 is 1.00 bits per heavy atom. The van der Waals surface area contributed by atoms with Crippen molar-refractivity contribution in [2.45, 2.75) is 32.7 Å². The summed E-state index contributed by atoms with van der Waals surface area (Å²) in [5.41, 5.74) is 4.21. The molecule has 0 bridgehead atoms. The van der Waals surface area contributed by atoms with E-state index in [1.54, 1.807) is 25.6 Å². The monoisotopic (exact) mass is 552 g/mol. The fraction of sp³-hybridized carbons (Fsp3) is 0.375. The second-order valence-electron chi connectivity index (χ2n) is 11.7. The molecule has 3 aromatic rings. The SMILES string of the molecule is COc1cccc(C2C3=C(CC(C)(C)CC3=O)Nc3ccccc3N2CC(=O)N2CCN(c3ncccn3)CC2)c1. The summed E-state index contributed by atoms with van der Waals surface area (Å²) >= 11 is 0. The number of amides is 1. The number of benzene rings is 2. The van der Waals surface area contributed by atoms with E-state index < -0.39 is 6.04 Å². The van der Waals surface area contributed by atoms with Crippen molar-refractivity contribution in [2.75, 3.05) is 55.0 Å². The summed E-state index contributed by atoms with van der Waals surface area (Å²) < 4.78 is 5.58. The third kappa shape index (κ3) is 5.36. The fourth-order valence-electron chi connectivity index (χ4n) is 6.24. The van der Waals surface area contributed by atoms with E-state index in [9.17, 15) is 9.59 Å². The predicted molar refractivity (Wildman–Crippen MR) is 159 cm³/mol. The Labute approximate surface area is 240 Å². The lowest BCUT2D eigenvalue weighted by Gasteiger charge is -2.40. The van der Waals surface area contributed by atoms with E-state index in [1.165, 1.54) is 0 Å². The molecule has 3 heterocycles. The third-order valence-corrected chi connectivity index (χ3v) is 8.19. The number of fused-ring (bicyclic) bond motifs is 1. The smallest absolute Gasteiger partial charge is 0.242 e. The number of ketones is 1. The van der Waals surface area contributed by atoms with Crippen LogP contribution in [0, 0.1) is 5.41 Å². The molecule has 1 aliphatic carbocycles. The van der Waals surface area contributed by atoms with Crippen LogP contribution >= 0.6 is 0 Å². The highest BCUT2D eigenvalue weighted by Gasteiger charge is 2.42. The molecule has 2 aromatic carbocycles. The summed E-state index contributed by atoms with van der Waals surface area (Å²) in [5, 5.41) is 3.62. The van der Waals surface area contributed by atoms with Gasteiger partial charge in [0.1, 0.15) is 5.75 Å². The molecule has 1 N–H and O–H groups in total. The zero-order valence-corrected chi connectivity index (χ0v) is 23.8. The van der Waals surface area contributed by atoms with Crippen molar-refractivity contribution in [1.29, 1.82) is 0 Å². The zero-order valence-electron chi connectivity index (χ0n) is 23.8. The predicted octanol–water partition coefficient (Wildman–Crippen LogP) is 4.45. The maximum Gasteiger partial charge on any atom is 0.242 e. The van der Waals surface area contributed by atoms with Gasteiger partial charge in [-0.05, 0) is 47.7 Å². The highest BCUT2D eigenvalue weighted by atomic mass is 16.5. The molecule has 212 valence electrons. The van der Waals surface area contributed by atoms with E-state index in [4.69, 9.17) is 4.74 Å². The molecule has 1 saturated heterocycles. The molecule has 0 spiro atoms. The average Bonchev–Trinajstić information content (AvgIpc) is 3.11. The van der Waals surface area contributed by atoms with Crippen molar-refractivity contribution < 1.29 is 14.3 Å². The van der Waals surface area contributed by atoms with Crippen molar-refractivity contribution in [3.63, 3.8) is 0 Å². The topological polar surface area (TPSA) is 90.9 Å². The molecule has 0 saturated carbocycles. The number of nitrogens with zero attached hydrogens (tertiary/aromatic N) is 5. The van der Waals surface area contributed by atoms with Crippen LogP contribution in [-0.2, 0) is 9.59 Å². The second-order valence-corrected chi connectivity index (χ2v) is 11.7. The first-order chi connectivity index (χ1) is 19.8. The van der Waals surface area contributed by atoms with Crippen LogP contribution < -0.4 is 19.9 Å². The number of carbonyl (C=O) groups excluding carboxylic acids is 2. The number of nitrogens with one attached hydrogen (secondary N) is 1. The van der Waals surface area contributed by atoms with Crippen LogP contribution in [0.25, 0.3) is 0 Å². The first-order valence-electron chi connectivity index (χ1n) is 14.2. The summed E-state index contributed by atoms with van der Waals surface area (Å²) in [7, 11) is 1.64. The van der Waals surface area contributed by atoms with E-state index in [-0.39, 0.29) is 23.7 Å². The van der Waals surface area contributed by atoms with Crippen LogP contribution in [0.2, 0.25) is 0 Å². The second kappa shape index (κ2) is 10.9. The summed E-state index contributed by atoms with van der Waals surface area (Å²) in [6, 6.07) is 17.2. The van der Waals surface area contributed by atoms with Gasteiger partial charge >= 0.3 is 0 Å². The minimum absolute atomic E-state index is 0.0222. The standard InChI is InChI=1S/C32H36N6O3/c1-32(2)19-25-29(27(39)20-32)30(22-8-6-9-23(18-22)41-3)38(26-11-5-4-10-24(26)35-25)21-28(40)36-14-16-37(17-15-36)31-33-12-7-13-34-31/h4-13,18,30,35H,14-17,19-21H2,1-3H3. The lowest BCUT2D eigenvalue weighted by atomic mass is 9.73. The number of hydrogen-bond donors (Lipinski definition) is 1. The van der Waals surface area contributed by atoms with Crippen LogP contribution in [0.5, 0.6) is 5.75 Å². The van der Waals surface area contributed by atoms with Crippen molar-refractivity contribution in [2.24, 2.45) is 5.41 Å². The number of para-hydroxylation sites is 2. The average molecular weight is 553 g/mol. The van der Waals surface area contributed by atoms with Gasteiger partial charge in [-0.2, -0.15) is 0 Å². The van der Waals surface area contributed by atoms with Gasteiger partial charge in [0, 0.05) is 56.3 Å². The third-order valence-electron chi connectivity index (χ3n) is 8.19. The highest BCUT2D eigenvalue weighted by Crippen LogP contribution is 2.48. The van der Waals surface area contributed by atoms with Gasteiger partial charge in [-0.15, -0.1) is 0 Å². The quantitative estimate of drug-likeness (QED) is 0.497. The molecular weight excluding hydrogens is 516 g/mol. The number of carbonyl (C=O) groups is 2. The number of Topliss-reactive ketones (excluding diaryl/α,β-unsaturated/α-hetero) is 1. The van der Waals surface area contributed by atoms with Crippen LogP contribution in [0.15, 0.2) is 78.3 Å². The molecule has 1 fully saturated rings. The lowest BCUT2D eigenvalue weighted by molar-refractivity contribution is -0.130. The van der Waals surface area contributed by atoms with Crippen molar-refractivity contribution in [1.82, 2.24) is 14.9 Å². The molecule has 1 unspecified atom stereocenters. The molecule has 9 nitrogen and oxygen atoms in total. The van der Waals surface area contributed by atoms with Crippen LogP contribution in [0.1, 0.15) is 38.3 Å². The summed E-state index contributed by atoms with van der Waals surface area (Å²) in [4.78, 5) is 42.7. The largest absolute Gasteiger partial charge is 0.497 e. The number of ether oxygens (including phenoxy) is 1. The molecule has 41 heavy (non-hydrogen) atoms. The van der Waals surface area contributed by atoms with Crippen molar-refractivity contribution in [3.8, 4) is 5.75 Å². The van der Waals surface area contributed by atoms with Gasteiger partial charge in [0.25, 0.3) is 0 Å². The number of anilines is 3. The maximum absolute atomic E-state index is 14.0. The Morgan fingerprint density at radius 3 is 2.51 bits per heavy atom. The molecule has 1 atom stereocenters. The van der Waals surface area contributed by atoms with Crippen LogP contribution in [0.3, 0.4) is 0 Å². The van der Waals surface area contributed by atoms with Gasteiger partial charge in [-0.3, -0.25) is 9.59 Å². The summed E-state index contributed by atoms with van der Waals surface area (Å²) in [5.74, 6) is 1.53. The lowest BCUT2D eigenvalue weighted by Crippen LogP contribution is -2.52. The fourth-order valence-corrected chi connectivity index (χ4v) is 6.24. The van der Waals surface area contributed by atoms with Crippen molar-refractivity contribution >= 4 is 29.0 Å². The first kappa shape index (κ1) is 26.8. The number of allylic oxidation sites excluding steroid dienone is 1. The molecule has 2 aliphatic heterocycles. The maximum atomic E-state index is 14.0. The molecule has 1 amide bonds. The Balaban J connectivity index is 1.37. The summed E-state index contributed by atoms with van der Waals surface area (Å²) in [6.45, 7) is 6.89. The molecule has 6 rings (SSSR count). The van der Waals surface area contributed by atoms with Gasteiger partial charge < -0.3 is 24.8 Å². The molecule has 1 aromatic heterocycles. The Bertz CT molecular complexity index is 1480. The number of piperazine rings is 1. The molecule has 3 aliphatic rings. The molecule has 0 radical (unpaired) electrons. The summed E-state index contributed by atoms with van der Waals surface area (Å²) in [6.07, 6.45) is 4.67. The number of methoxy groups -OCH3 is 1. The van der Waals surface area contributed by atoms with E-state index in [2.05, 4.69) is 38.9 Å². The van der Waals surface area contributed by atoms with Crippen molar-refractivity contribution in [3.05, 3.63) is 83.8 Å². The Kier molecular flexibility index (Phi) is 7.11. The van der Waals surface area contributed by atoms with Crippen LogP contribution in [0.4, 0.5) is 17.3 Å². The van der Waals surface area contributed by atoms with E-state index in [1.807, 2.05) is 53.4 Å². The highest BCUT2D eigenvalue weighted by molar-refractivity contribution is 6.02. The Morgan fingerprint density at radius 2 is 1.76 bits per heavy atom. The van der Waals surface area contributed by atoms with Gasteiger partial charge in [0.15, 0.2) is 5.78 Å². The van der Waals surface area contributed by atoms with E-state index in [0.717, 1.165) is 34.6 Å². The minimum atomic E-state index is -0.442. The first-order valence-corrected chi connectivity index (χ1v) is 14.2. The van der Waals surface area contributed by atoms with Gasteiger partial charge in [-0.1, -0.05) is 38.1 Å². The molecular formula is C32H36N6O3. The zero-order chi connectivity index (χ0) is 28.6. The molecule has 9 heteroatoms. The van der Waals surface area contributed by atoms with Gasteiger partial charge in [-0.25, -0.2) is 9.97 Å². The van der Waals surface area contributed by atoms with Gasteiger partial charge in [0.05, 0.1) is 31.1 Å². The van der Waals surface area contributed by atoms with E-state index >= 15 is 0 Å². The van der Waals surface area contributed by atoms with Gasteiger partial charge in [0.2, 0.25) is 11.9 Å². The number of hydrogen-bond acceptors (Lipinski definition) is 8. The van der Waals surface area contributed by atoms with Crippen LogP contribution in [-0.4, -0.2) is 66.4 Å². The van der Waals surface area contributed by atoms with E-state index in [0.29, 0.717) is 44.3 Å². The normalized spacial score (nSPS) is 20.1.